The fourth-order valence-electron chi connectivity index (χ4n) is 1.37. The van der Waals surface area contributed by atoms with E-state index >= 15 is 0 Å². The van der Waals surface area contributed by atoms with Gasteiger partial charge in [0, 0.05) is 6.54 Å². The van der Waals surface area contributed by atoms with Gasteiger partial charge in [-0.25, -0.2) is 4.79 Å². The molecule has 0 N–H and O–H groups in total. The number of nitrogens with zero attached hydrogens (tertiary/aromatic N) is 1. The lowest BCUT2D eigenvalue weighted by Gasteiger charge is -2.38. The average molecular weight is 289 g/mol. The molecule has 5 heteroatoms. The molecule has 114 valence electrons. The number of hydrogen-bond donors (Lipinski definition) is 0. The third kappa shape index (κ3) is 6.54. The molecule has 0 fully saturated rings. The van der Waals surface area contributed by atoms with E-state index < -0.39 is 14.4 Å². The highest BCUT2D eigenvalue weighted by Gasteiger charge is 2.40. The first-order valence-electron chi connectivity index (χ1n) is 7.00. The predicted molar refractivity (Wildman–Crippen MR) is 81.9 cm³/mol. The van der Waals surface area contributed by atoms with Crippen LogP contribution >= 0.6 is 0 Å². The molecule has 0 heterocycles. The molecule has 0 aromatic heterocycles. The van der Waals surface area contributed by atoms with Crippen molar-refractivity contribution in [2.75, 3.05) is 27.2 Å². The fraction of sp³-hybridized carbons (Fsp3) is 0.929. The van der Waals surface area contributed by atoms with Gasteiger partial charge in [-0.05, 0) is 45.6 Å². The molecule has 19 heavy (non-hydrogen) atoms. The van der Waals surface area contributed by atoms with E-state index in [9.17, 15) is 4.79 Å². The summed E-state index contributed by atoms with van der Waals surface area (Å²) in [5.41, 5.74) is 0. The van der Waals surface area contributed by atoms with Crippen molar-refractivity contribution >= 4 is 14.3 Å². The van der Waals surface area contributed by atoms with Crippen LogP contribution in [0, 0.1) is 0 Å². The van der Waals surface area contributed by atoms with Crippen LogP contribution in [0.5, 0.6) is 0 Å². The lowest BCUT2D eigenvalue weighted by atomic mass is 10.2. The Bertz CT molecular complexity index is 285. The SMILES string of the molecule is CCOC(=O)[C@H](CCN(C)C)O[Si](C)(C)C(C)(C)C. The third-order valence-electron chi connectivity index (χ3n) is 3.63. The van der Waals surface area contributed by atoms with Gasteiger partial charge in [0.05, 0.1) is 6.61 Å². The van der Waals surface area contributed by atoms with E-state index in [1.54, 1.807) is 0 Å². The van der Waals surface area contributed by atoms with Gasteiger partial charge in [-0.2, -0.15) is 0 Å². The van der Waals surface area contributed by atoms with Crippen LogP contribution in [0.1, 0.15) is 34.1 Å². The van der Waals surface area contributed by atoms with Crippen molar-refractivity contribution in [1.29, 1.82) is 0 Å². The largest absolute Gasteiger partial charge is 0.464 e. The number of carbonyl (C=O) groups is 1. The quantitative estimate of drug-likeness (QED) is 0.533. The van der Waals surface area contributed by atoms with Crippen LogP contribution in [0.15, 0.2) is 0 Å². The van der Waals surface area contributed by atoms with Gasteiger partial charge < -0.3 is 14.1 Å². The molecule has 0 bridgehead atoms. The molecule has 1 atom stereocenters. The lowest BCUT2D eigenvalue weighted by Crippen LogP contribution is -2.47. The molecule has 0 aliphatic rings. The van der Waals surface area contributed by atoms with Crippen molar-refractivity contribution in [2.24, 2.45) is 0 Å². The van der Waals surface area contributed by atoms with Crippen molar-refractivity contribution in [3.8, 4) is 0 Å². The van der Waals surface area contributed by atoms with Crippen LogP contribution < -0.4 is 0 Å². The molecule has 0 radical (unpaired) electrons. The smallest absolute Gasteiger partial charge is 0.334 e. The average Bonchev–Trinajstić information content (AvgIpc) is 2.22. The predicted octanol–water partition coefficient (Wildman–Crippen LogP) is 2.89. The Labute approximate surface area is 119 Å². The van der Waals surface area contributed by atoms with Crippen LogP contribution in [-0.2, 0) is 14.0 Å². The van der Waals surface area contributed by atoms with Crippen molar-refractivity contribution in [3.63, 3.8) is 0 Å². The second kappa shape index (κ2) is 7.41. The highest BCUT2D eigenvalue weighted by Crippen LogP contribution is 2.37. The first-order chi connectivity index (χ1) is 8.51. The monoisotopic (exact) mass is 289 g/mol. The molecule has 0 saturated carbocycles. The van der Waals surface area contributed by atoms with Crippen LogP contribution in [0.4, 0.5) is 0 Å². The molecule has 0 rings (SSSR count). The fourth-order valence-corrected chi connectivity index (χ4v) is 2.65. The molecule has 0 saturated heterocycles. The molecular weight excluding hydrogens is 258 g/mol. The van der Waals surface area contributed by atoms with E-state index in [0.717, 1.165) is 6.54 Å². The van der Waals surface area contributed by atoms with Gasteiger partial charge in [0.15, 0.2) is 8.32 Å². The summed E-state index contributed by atoms with van der Waals surface area (Å²) in [6.07, 6.45) is 0.237. The lowest BCUT2D eigenvalue weighted by molar-refractivity contribution is -0.152. The van der Waals surface area contributed by atoms with Gasteiger partial charge in [-0.3, -0.25) is 0 Å². The topological polar surface area (TPSA) is 38.8 Å². The summed E-state index contributed by atoms with van der Waals surface area (Å²) in [4.78, 5) is 14.1. The van der Waals surface area contributed by atoms with Gasteiger partial charge in [0.2, 0.25) is 0 Å². The molecule has 0 aliphatic heterocycles. The Kier molecular flexibility index (Phi) is 7.25. The number of carbonyl (C=O) groups excluding carboxylic acids is 1. The van der Waals surface area contributed by atoms with Crippen LogP contribution in [0.2, 0.25) is 18.1 Å². The van der Waals surface area contributed by atoms with Crippen molar-refractivity contribution < 1.29 is 14.0 Å². The van der Waals surface area contributed by atoms with E-state index in [1.807, 2.05) is 21.0 Å². The normalized spacial score (nSPS) is 14.6. The number of esters is 1. The summed E-state index contributed by atoms with van der Waals surface area (Å²) < 4.78 is 11.3. The van der Waals surface area contributed by atoms with Gasteiger partial charge in [-0.15, -0.1) is 0 Å². The maximum Gasteiger partial charge on any atom is 0.334 e. The molecular formula is C14H31NO3Si. The van der Waals surface area contributed by atoms with Gasteiger partial charge in [0.1, 0.15) is 6.10 Å². The summed E-state index contributed by atoms with van der Waals surface area (Å²) in [6.45, 7) is 13.9. The maximum atomic E-state index is 12.0. The van der Waals surface area contributed by atoms with Gasteiger partial charge in [-0.1, -0.05) is 20.8 Å². The highest BCUT2D eigenvalue weighted by atomic mass is 28.4. The minimum Gasteiger partial charge on any atom is -0.464 e. The second-order valence-corrected chi connectivity index (χ2v) is 11.5. The zero-order chi connectivity index (χ0) is 15.3. The van der Waals surface area contributed by atoms with E-state index in [1.165, 1.54) is 0 Å². The van der Waals surface area contributed by atoms with Gasteiger partial charge in [0.25, 0.3) is 0 Å². The zero-order valence-electron chi connectivity index (χ0n) is 13.9. The number of rotatable bonds is 7. The van der Waals surface area contributed by atoms with E-state index in [-0.39, 0.29) is 11.0 Å². The third-order valence-corrected chi connectivity index (χ3v) is 8.12. The minimum absolute atomic E-state index is 0.0931. The van der Waals surface area contributed by atoms with E-state index in [4.69, 9.17) is 9.16 Å². The van der Waals surface area contributed by atoms with E-state index in [0.29, 0.717) is 13.0 Å². The summed E-state index contributed by atoms with van der Waals surface area (Å²) in [5.74, 6) is -0.228. The maximum absolute atomic E-state index is 12.0. The molecule has 0 spiro atoms. The minimum atomic E-state index is -1.95. The Hall–Kier alpha value is -0.393. The molecule has 0 aliphatic carbocycles. The number of hydrogen-bond acceptors (Lipinski definition) is 4. The molecule has 0 unspecified atom stereocenters. The Morgan fingerprint density at radius 3 is 2.16 bits per heavy atom. The molecule has 4 nitrogen and oxygen atoms in total. The van der Waals surface area contributed by atoms with Crippen LogP contribution in [0.3, 0.4) is 0 Å². The standard InChI is InChI=1S/C14H31NO3Si/c1-9-17-13(16)12(10-11-15(5)6)18-19(7,8)14(2,3)4/h12H,9-11H2,1-8H3/t12-/m0/s1. The Balaban J connectivity index is 4.79. The summed E-state index contributed by atoms with van der Waals surface area (Å²) in [6, 6.07) is 0. The van der Waals surface area contributed by atoms with Crippen LogP contribution in [-0.4, -0.2) is 52.5 Å². The van der Waals surface area contributed by atoms with E-state index in [2.05, 4.69) is 38.8 Å². The summed E-state index contributed by atoms with van der Waals surface area (Å²) in [7, 11) is 2.04. The molecule has 0 amide bonds. The first-order valence-corrected chi connectivity index (χ1v) is 9.91. The zero-order valence-corrected chi connectivity index (χ0v) is 14.9. The summed E-state index contributed by atoms with van der Waals surface area (Å²) in [5, 5.41) is 0.0931. The second-order valence-electron chi connectivity index (χ2n) is 6.71. The van der Waals surface area contributed by atoms with Crippen LogP contribution in [0.25, 0.3) is 0 Å². The van der Waals surface area contributed by atoms with Gasteiger partial charge >= 0.3 is 5.97 Å². The molecule has 0 aromatic carbocycles. The summed E-state index contributed by atoms with van der Waals surface area (Å²) >= 11 is 0. The highest BCUT2D eigenvalue weighted by molar-refractivity contribution is 6.74. The van der Waals surface area contributed by atoms with Crippen molar-refractivity contribution in [2.45, 2.75) is 58.4 Å². The first kappa shape index (κ1) is 18.6. The Morgan fingerprint density at radius 1 is 1.26 bits per heavy atom. The molecule has 0 aromatic rings. The van der Waals surface area contributed by atoms with Crippen molar-refractivity contribution in [1.82, 2.24) is 4.90 Å². The Morgan fingerprint density at radius 2 is 1.79 bits per heavy atom. The number of ether oxygens (including phenoxy) is 1. The van der Waals surface area contributed by atoms with Crippen molar-refractivity contribution in [3.05, 3.63) is 0 Å².